The van der Waals surface area contributed by atoms with Crippen molar-refractivity contribution in [2.24, 2.45) is 5.92 Å². The van der Waals surface area contributed by atoms with E-state index < -0.39 is 5.82 Å². The number of rotatable bonds is 7. The van der Waals surface area contributed by atoms with E-state index in [1.165, 1.54) is 6.20 Å². The van der Waals surface area contributed by atoms with E-state index in [1.54, 1.807) is 19.4 Å². The van der Waals surface area contributed by atoms with E-state index in [4.69, 9.17) is 21.1 Å². The minimum Gasteiger partial charge on any atom is -0.463 e. The van der Waals surface area contributed by atoms with E-state index in [-0.39, 0.29) is 30.4 Å². The highest BCUT2D eigenvalue weighted by atomic mass is 35.5. The Hall–Kier alpha value is -2.78. The number of halogens is 2. The summed E-state index contributed by atoms with van der Waals surface area (Å²) in [7, 11) is 1.55. The lowest BCUT2D eigenvalue weighted by Crippen LogP contribution is -2.39. The first-order valence-corrected chi connectivity index (χ1v) is 10.5. The van der Waals surface area contributed by atoms with Crippen LogP contribution in [-0.4, -0.2) is 52.3 Å². The number of ether oxygens (including phenoxy) is 2. The standard InChI is InChI=1S/C21H23ClFN5O3/c1-30-6-7-31-21(29)13-4-2-3-5-17(13)27-20-16(23)11-26-19(28-20)15-10-25-18-14(15)8-12(22)9-24-18/h8-11,13,17H,2-7H2,1H3,(H,24,25)(H,26,27,28)/t13-,17-/m0/s1. The van der Waals surface area contributed by atoms with Crippen molar-refractivity contribution >= 4 is 34.4 Å². The summed E-state index contributed by atoms with van der Waals surface area (Å²) in [5.41, 5.74) is 1.29. The van der Waals surface area contributed by atoms with E-state index in [0.717, 1.165) is 30.8 Å². The second kappa shape index (κ2) is 9.57. The van der Waals surface area contributed by atoms with Crippen LogP contribution in [0.3, 0.4) is 0 Å². The van der Waals surface area contributed by atoms with Gasteiger partial charge < -0.3 is 19.8 Å². The maximum absolute atomic E-state index is 14.6. The minimum absolute atomic E-state index is 0.0518. The molecule has 0 amide bonds. The monoisotopic (exact) mass is 447 g/mol. The van der Waals surface area contributed by atoms with E-state index in [9.17, 15) is 9.18 Å². The van der Waals surface area contributed by atoms with Gasteiger partial charge in [-0.1, -0.05) is 24.4 Å². The Morgan fingerprint density at radius 3 is 2.97 bits per heavy atom. The Bertz CT molecular complexity index is 1080. The van der Waals surface area contributed by atoms with E-state index >= 15 is 0 Å². The van der Waals surface area contributed by atoms with Gasteiger partial charge in [0.25, 0.3) is 0 Å². The van der Waals surface area contributed by atoms with Crippen molar-refractivity contribution in [3.05, 3.63) is 35.5 Å². The molecule has 3 aromatic heterocycles. The highest BCUT2D eigenvalue weighted by molar-refractivity contribution is 6.31. The first-order valence-electron chi connectivity index (χ1n) is 10.1. The smallest absolute Gasteiger partial charge is 0.311 e. The zero-order valence-corrected chi connectivity index (χ0v) is 17.8. The molecule has 2 N–H and O–H groups in total. The van der Waals surface area contributed by atoms with Crippen molar-refractivity contribution in [1.82, 2.24) is 19.9 Å². The predicted octanol–water partition coefficient (Wildman–Crippen LogP) is 3.97. The summed E-state index contributed by atoms with van der Waals surface area (Å²) in [5, 5.41) is 4.34. The van der Waals surface area contributed by atoms with Gasteiger partial charge in [-0.15, -0.1) is 0 Å². The maximum atomic E-state index is 14.6. The summed E-state index contributed by atoms with van der Waals surface area (Å²) in [4.78, 5) is 28.3. The average Bonchev–Trinajstić information content (AvgIpc) is 3.19. The number of carbonyl (C=O) groups is 1. The van der Waals surface area contributed by atoms with E-state index in [2.05, 4.69) is 25.3 Å². The number of nitrogens with zero attached hydrogens (tertiary/aromatic N) is 3. The van der Waals surface area contributed by atoms with Crippen molar-refractivity contribution in [2.75, 3.05) is 25.6 Å². The molecule has 1 saturated carbocycles. The van der Waals surface area contributed by atoms with Crippen LogP contribution in [0, 0.1) is 11.7 Å². The van der Waals surface area contributed by atoms with Gasteiger partial charge in [0.15, 0.2) is 17.5 Å². The molecule has 4 rings (SSSR count). The Labute approximate surface area is 183 Å². The molecule has 10 heteroatoms. The van der Waals surface area contributed by atoms with Crippen LogP contribution in [0.5, 0.6) is 0 Å². The Morgan fingerprint density at radius 2 is 2.13 bits per heavy atom. The minimum atomic E-state index is -0.586. The van der Waals surface area contributed by atoms with Crippen LogP contribution in [0.15, 0.2) is 24.7 Å². The van der Waals surface area contributed by atoms with Crippen molar-refractivity contribution in [2.45, 2.75) is 31.7 Å². The number of hydrogen-bond donors (Lipinski definition) is 2. The third kappa shape index (κ3) is 4.77. The number of hydrogen-bond acceptors (Lipinski definition) is 7. The molecule has 8 nitrogen and oxygen atoms in total. The van der Waals surface area contributed by atoms with Crippen LogP contribution in [0.2, 0.25) is 5.02 Å². The number of pyridine rings is 1. The largest absolute Gasteiger partial charge is 0.463 e. The Morgan fingerprint density at radius 1 is 1.29 bits per heavy atom. The van der Waals surface area contributed by atoms with Gasteiger partial charge in [-0.2, -0.15) is 0 Å². The van der Waals surface area contributed by atoms with Crippen molar-refractivity contribution < 1.29 is 18.7 Å². The van der Waals surface area contributed by atoms with Gasteiger partial charge in [-0.25, -0.2) is 19.3 Å². The third-order valence-corrected chi connectivity index (χ3v) is 5.61. The quantitative estimate of drug-likeness (QED) is 0.417. The van der Waals surface area contributed by atoms with Crippen LogP contribution in [-0.2, 0) is 14.3 Å². The van der Waals surface area contributed by atoms with Gasteiger partial charge in [0.05, 0.1) is 23.7 Å². The fourth-order valence-electron chi connectivity index (χ4n) is 3.85. The summed E-state index contributed by atoms with van der Waals surface area (Å²) in [5.74, 6) is -0.886. The molecule has 3 aromatic rings. The molecule has 0 bridgehead atoms. The fourth-order valence-corrected chi connectivity index (χ4v) is 4.01. The first kappa shape index (κ1) is 21.5. The van der Waals surface area contributed by atoms with Crippen LogP contribution in [0.25, 0.3) is 22.4 Å². The number of esters is 1. The molecule has 0 aromatic carbocycles. The lowest BCUT2D eigenvalue weighted by Gasteiger charge is -2.31. The topological polar surface area (TPSA) is 102 Å². The summed E-state index contributed by atoms with van der Waals surface area (Å²) in [6, 6.07) is 1.48. The molecule has 0 radical (unpaired) electrons. The van der Waals surface area contributed by atoms with Crippen molar-refractivity contribution in [3.8, 4) is 11.4 Å². The molecule has 164 valence electrons. The molecule has 0 spiro atoms. The lowest BCUT2D eigenvalue weighted by atomic mass is 9.84. The molecule has 31 heavy (non-hydrogen) atoms. The Kier molecular flexibility index (Phi) is 6.62. The number of anilines is 1. The average molecular weight is 448 g/mol. The molecule has 1 aliphatic carbocycles. The maximum Gasteiger partial charge on any atom is 0.311 e. The molecule has 0 unspecified atom stereocenters. The molecule has 0 aliphatic heterocycles. The number of fused-ring (bicyclic) bond motifs is 1. The summed E-state index contributed by atoms with van der Waals surface area (Å²) in [6.07, 6.45) is 7.62. The lowest BCUT2D eigenvalue weighted by molar-refractivity contribution is -0.151. The summed E-state index contributed by atoms with van der Waals surface area (Å²) in [6.45, 7) is 0.533. The van der Waals surface area contributed by atoms with Crippen LogP contribution < -0.4 is 5.32 Å². The zero-order valence-electron chi connectivity index (χ0n) is 17.0. The molecular formula is C21H23ClFN5O3. The van der Waals surface area contributed by atoms with Crippen molar-refractivity contribution in [1.29, 1.82) is 0 Å². The third-order valence-electron chi connectivity index (χ3n) is 5.41. The normalized spacial score (nSPS) is 18.8. The molecule has 3 heterocycles. The zero-order chi connectivity index (χ0) is 21.8. The van der Waals surface area contributed by atoms with E-state index in [1.807, 2.05) is 0 Å². The predicted molar refractivity (Wildman–Crippen MR) is 114 cm³/mol. The molecule has 0 saturated heterocycles. The SMILES string of the molecule is COCCOC(=O)[C@H]1CCCC[C@@H]1Nc1nc(-c2c[nH]c3ncc(Cl)cc23)ncc1F. The number of H-pyrrole nitrogens is 1. The van der Waals surface area contributed by atoms with Gasteiger partial charge in [-0.3, -0.25) is 4.79 Å². The summed E-state index contributed by atoms with van der Waals surface area (Å²) >= 11 is 6.07. The van der Waals surface area contributed by atoms with Crippen molar-refractivity contribution in [3.63, 3.8) is 0 Å². The van der Waals surface area contributed by atoms with Gasteiger partial charge >= 0.3 is 5.97 Å². The van der Waals surface area contributed by atoms with Gasteiger partial charge in [-0.05, 0) is 18.9 Å². The summed E-state index contributed by atoms with van der Waals surface area (Å²) < 4.78 is 24.8. The van der Waals surface area contributed by atoms with Gasteiger partial charge in [0, 0.05) is 36.5 Å². The number of nitrogens with one attached hydrogen (secondary N) is 2. The highest BCUT2D eigenvalue weighted by Gasteiger charge is 2.33. The van der Waals surface area contributed by atoms with Crippen LogP contribution in [0.1, 0.15) is 25.7 Å². The second-order valence-corrected chi connectivity index (χ2v) is 7.88. The molecule has 1 aliphatic rings. The number of carbonyl (C=O) groups excluding carboxylic acids is 1. The highest BCUT2D eigenvalue weighted by Crippen LogP contribution is 2.31. The number of aromatic nitrogens is 4. The number of methoxy groups -OCH3 is 1. The number of aromatic amines is 1. The second-order valence-electron chi connectivity index (χ2n) is 7.44. The van der Waals surface area contributed by atoms with Gasteiger partial charge in [0.2, 0.25) is 0 Å². The fraction of sp³-hybridized carbons (Fsp3) is 0.429. The molecular weight excluding hydrogens is 425 g/mol. The molecule has 1 fully saturated rings. The Balaban J connectivity index is 1.57. The molecule has 2 atom stereocenters. The van der Waals surface area contributed by atoms with Gasteiger partial charge in [0.1, 0.15) is 12.3 Å². The van der Waals surface area contributed by atoms with Crippen LogP contribution >= 0.6 is 11.6 Å². The first-order chi connectivity index (χ1) is 15.1. The van der Waals surface area contributed by atoms with Crippen LogP contribution in [0.4, 0.5) is 10.2 Å². The van der Waals surface area contributed by atoms with E-state index in [0.29, 0.717) is 35.1 Å².